The standard InChI is InChI=1S/C16H20N4O2/c1-2-8-17-14(5-1)20-9-6-12(7-10-20)15-18-19-16(22-15)13-4-3-11-21-13/h1-2,5,8,12-13H,3-4,6-7,9-11H2. The van der Waals surface area contributed by atoms with Crippen molar-refractivity contribution in [3.8, 4) is 0 Å². The molecule has 4 heterocycles. The van der Waals surface area contributed by atoms with E-state index in [0.717, 1.165) is 57.1 Å². The summed E-state index contributed by atoms with van der Waals surface area (Å²) in [4.78, 5) is 6.73. The van der Waals surface area contributed by atoms with Gasteiger partial charge < -0.3 is 14.1 Å². The van der Waals surface area contributed by atoms with Gasteiger partial charge in [-0.25, -0.2) is 4.98 Å². The SMILES string of the molecule is c1ccc(N2CCC(c3nnc(C4CCCO4)o3)CC2)nc1. The third kappa shape index (κ3) is 2.70. The van der Waals surface area contributed by atoms with Gasteiger partial charge in [0, 0.05) is 31.8 Å². The lowest BCUT2D eigenvalue weighted by atomic mass is 9.97. The average Bonchev–Trinajstić information content (AvgIpc) is 3.27. The number of ether oxygens (including phenoxy) is 1. The van der Waals surface area contributed by atoms with E-state index in [-0.39, 0.29) is 6.10 Å². The molecule has 0 aromatic carbocycles. The molecule has 0 N–H and O–H groups in total. The fraction of sp³-hybridized carbons (Fsp3) is 0.562. The molecule has 0 amide bonds. The lowest BCUT2D eigenvalue weighted by molar-refractivity contribution is 0.0874. The molecule has 2 aromatic rings. The fourth-order valence-corrected chi connectivity index (χ4v) is 3.21. The van der Waals surface area contributed by atoms with Crippen molar-refractivity contribution >= 4 is 5.82 Å². The summed E-state index contributed by atoms with van der Waals surface area (Å²) in [6, 6.07) is 6.03. The number of piperidine rings is 1. The van der Waals surface area contributed by atoms with E-state index >= 15 is 0 Å². The molecule has 2 aliphatic heterocycles. The highest BCUT2D eigenvalue weighted by molar-refractivity contribution is 5.38. The van der Waals surface area contributed by atoms with Gasteiger partial charge in [-0.3, -0.25) is 0 Å². The van der Waals surface area contributed by atoms with Crippen LogP contribution in [-0.2, 0) is 4.74 Å². The number of nitrogens with zero attached hydrogens (tertiary/aromatic N) is 4. The predicted octanol–water partition coefficient (Wildman–Crippen LogP) is 2.70. The van der Waals surface area contributed by atoms with Gasteiger partial charge in [0.2, 0.25) is 11.8 Å². The van der Waals surface area contributed by atoms with Crippen LogP contribution in [0.15, 0.2) is 28.8 Å². The number of anilines is 1. The molecular formula is C16H20N4O2. The monoisotopic (exact) mass is 300 g/mol. The summed E-state index contributed by atoms with van der Waals surface area (Å²) in [6.07, 6.45) is 5.95. The van der Waals surface area contributed by atoms with Gasteiger partial charge >= 0.3 is 0 Å². The second-order valence-electron chi connectivity index (χ2n) is 5.93. The highest BCUT2D eigenvalue weighted by Crippen LogP contribution is 2.32. The van der Waals surface area contributed by atoms with Gasteiger partial charge in [0.05, 0.1) is 0 Å². The minimum absolute atomic E-state index is 0.00913. The summed E-state index contributed by atoms with van der Waals surface area (Å²) < 4.78 is 11.5. The van der Waals surface area contributed by atoms with E-state index in [1.165, 1.54) is 0 Å². The predicted molar refractivity (Wildman–Crippen MR) is 80.7 cm³/mol. The van der Waals surface area contributed by atoms with Crippen molar-refractivity contribution in [2.75, 3.05) is 24.6 Å². The van der Waals surface area contributed by atoms with E-state index in [2.05, 4.69) is 26.1 Å². The third-order valence-electron chi connectivity index (χ3n) is 4.48. The van der Waals surface area contributed by atoms with Crippen molar-refractivity contribution in [2.24, 2.45) is 0 Å². The molecule has 0 aliphatic carbocycles. The Morgan fingerprint density at radius 2 is 1.91 bits per heavy atom. The Labute approximate surface area is 129 Å². The molecule has 4 rings (SSSR count). The first-order valence-corrected chi connectivity index (χ1v) is 8.01. The number of aromatic nitrogens is 3. The molecule has 0 bridgehead atoms. The minimum atomic E-state index is 0.00913. The second kappa shape index (κ2) is 6.04. The van der Waals surface area contributed by atoms with Crippen molar-refractivity contribution in [3.63, 3.8) is 0 Å². The topological polar surface area (TPSA) is 64.3 Å². The molecule has 116 valence electrons. The summed E-state index contributed by atoms with van der Waals surface area (Å²) in [6.45, 7) is 2.74. The Kier molecular flexibility index (Phi) is 3.76. The van der Waals surface area contributed by atoms with Crippen LogP contribution in [0.3, 0.4) is 0 Å². The summed E-state index contributed by atoms with van der Waals surface area (Å²) in [5, 5.41) is 8.43. The molecule has 2 aliphatic rings. The summed E-state index contributed by atoms with van der Waals surface area (Å²) in [5.41, 5.74) is 0. The summed E-state index contributed by atoms with van der Waals surface area (Å²) in [7, 11) is 0. The number of rotatable bonds is 3. The van der Waals surface area contributed by atoms with Crippen LogP contribution < -0.4 is 4.90 Å². The zero-order valence-corrected chi connectivity index (χ0v) is 12.5. The minimum Gasteiger partial charge on any atom is -0.422 e. The van der Waals surface area contributed by atoms with Crippen molar-refractivity contribution in [2.45, 2.75) is 37.7 Å². The van der Waals surface area contributed by atoms with E-state index in [0.29, 0.717) is 11.8 Å². The van der Waals surface area contributed by atoms with Crippen LogP contribution in [0.1, 0.15) is 49.5 Å². The lowest BCUT2D eigenvalue weighted by Crippen LogP contribution is -2.33. The largest absolute Gasteiger partial charge is 0.422 e. The normalized spacial score (nSPS) is 23.1. The maximum absolute atomic E-state index is 5.87. The summed E-state index contributed by atoms with van der Waals surface area (Å²) >= 11 is 0. The lowest BCUT2D eigenvalue weighted by Gasteiger charge is -2.31. The Balaban J connectivity index is 1.39. The number of pyridine rings is 1. The molecule has 2 saturated heterocycles. The maximum Gasteiger partial charge on any atom is 0.245 e. The molecule has 1 unspecified atom stereocenters. The first kappa shape index (κ1) is 13.7. The molecule has 0 spiro atoms. The van der Waals surface area contributed by atoms with Crippen molar-refractivity contribution in [1.82, 2.24) is 15.2 Å². The van der Waals surface area contributed by atoms with Gasteiger partial charge in [-0.2, -0.15) is 0 Å². The van der Waals surface area contributed by atoms with Crippen LogP contribution in [0.4, 0.5) is 5.82 Å². The molecule has 6 heteroatoms. The number of hydrogen-bond acceptors (Lipinski definition) is 6. The molecule has 2 fully saturated rings. The highest BCUT2D eigenvalue weighted by Gasteiger charge is 2.28. The Morgan fingerprint density at radius 3 is 2.64 bits per heavy atom. The van der Waals surface area contributed by atoms with Gasteiger partial charge in [0.25, 0.3) is 0 Å². The molecule has 2 aromatic heterocycles. The van der Waals surface area contributed by atoms with E-state index in [9.17, 15) is 0 Å². The van der Waals surface area contributed by atoms with Crippen molar-refractivity contribution < 1.29 is 9.15 Å². The van der Waals surface area contributed by atoms with Gasteiger partial charge in [-0.15, -0.1) is 10.2 Å². The zero-order chi connectivity index (χ0) is 14.8. The zero-order valence-electron chi connectivity index (χ0n) is 12.5. The molecule has 22 heavy (non-hydrogen) atoms. The van der Waals surface area contributed by atoms with Crippen molar-refractivity contribution in [3.05, 3.63) is 36.2 Å². The molecule has 0 radical (unpaired) electrons. The van der Waals surface area contributed by atoms with Crippen LogP contribution in [0, 0.1) is 0 Å². The first-order chi connectivity index (χ1) is 10.9. The van der Waals surface area contributed by atoms with Crippen LogP contribution >= 0.6 is 0 Å². The average molecular weight is 300 g/mol. The van der Waals surface area contributed by atoms with Gasteiger partial charge in [0.1, 0.15) is 11.9 Å². The quantitative estimate of drug-likeness (QED) is 0.868. The summed E-state index contributed by atoms with van der Waals surface area (Å²) in [5.74, 6) is 2.82. The van der Waals surface area contributed by atoms with E-state index in [1.807, 2.05) is 18.3 Å². The van der Waals surface area contributed by atoms with Gasteiger partial charge in [0.15, 0.2) is 0 Å². The third-order valence-corrected chi connectivity index (χ3v) is 4.48. The Bertz CT molecular complexity index is 602. The molecular weight excluding hydrogens is 280 g/mol. The van der Waals surface area contributed by atoms with Crippen molar-refractivity contribution in [1.29, 1.82) is 0 Å². The van der Waals surface area contributed by atoms with Crippen LogP contribution in [0.25, 0.3) is 0 Å². The maximum atomic E-state index is 5.87. The van der Waals surface area contributed by atoms with Crippen LogP contribution in [0.5, 0.6) is 0 Å². The molecule has 1 atom stereocenters. The Morgan fingerprint density at radius 1 is 1.05 bits per heavy atom. The van der Waals surface area contributed by atoms with E-state index in [1.54, 1.807) is 0 Å². The van der Waals surface area contributed by atoms with Crippen LogP contribution in [0.2, 0.25) is 0 Å². The highest BCUT2D eigenvalue weighted by atomic mass is 16.5. The van der Waals surface area contributed by atoms with Crippen LogP contribution in [-0.4, -0.2) is 34.9 Å². The van der Waals surface area contributed by atoms with Gasteiger partial charge in [-0.1, -0.05) is 6.07 Å². The van der Waals surface area contributed by atoms with E-state index < -0.39 is 0 Å². The number of hydrogen-bond donors (Lipinski definition) is 0. The first-order valence-electron chi connectivity index (χ1n) is 8.01. The molecule has 6 nitrogen and oxygen atoms in total. The fourth-order valence-electron chi connectivity index (χ4n) is 3.21. The second-order valence-corrected chi connectivity index (χ2v) is 5.93. The Hall–Kier alpha value is -1.95. The smallest absolute Gasteiger partial charge is 0.245 e. The van der Waals surface area contributed by atoms with Gasteiger partial charge in [-0.05, 0) is 37.8 Å². The molecule has 0 saturated carbocycles. The van der Waals surface area contributed by atoms with E-state index in [4.69, 9.17) is 9.15 Å².